The third-order valence-corrected chi connectivity index (χ3v) is 6.72. The summed E-state index contributed by atoms with van der Waals surface area (Å²) < 4.78 is 28.3. The molecule has 0 saturated heterocycles. The van der Waals surface area contributed by atoms with Gasteiger partial charge in [0.1, 0.15) is 5.56 Å². The first-order chi connectivity index (χ1) is 13.8. The fourth-order valence-corrected chi connectivity index (χ4v) is 4.48. The minimum absolute atomic E-state index is 0.0378. The molecule has 1 aromatic heterocycles. The van der Waals surface area contributed by atoms with Crippen LogP contribution in [0.5, 0.6) is 0 Å². The van der Waals surface area contributed by atoms with Gasteiger partial charge in [-0.2, -0.15) is 0 Å². The summed E-state index contributed by atoms with van der Waals surface area (Å²) in [5, 5.41) is 3.23. The molecule has 1 amide bonds. The summed E-state index contributed by atoms with van der Waals surface area (Å²) in [6, 6.07) is 10.1. The average Bonchev–Trinajstić information content (AvgIpc) is 2.72. The molecule has 0 aliphatic carbocycles. The third-order valence-electron chi connectivity index (χ3n) is 5.31. The molecule has 29 heavy (non-hydrogen) atoms. The second-order valence-electron chi connectivity index (χ2n) is 7.12. The summed E-state index contributed by atoms with van der Waals surface area (Å²) in [4.78, 5) is 26.0. The molecule has 150 valence electrons. The van der Waals surface area contributed by atoms with Gasteiger partial charge in [-0.25, -0.2) is 13.1 Å². The Balaban J connectivity index is 1.77. The van der Waals surface area contributed by atoms with Crippen LogP contribution in [0.2, 0.25) is 0 Å². The zero-order valence-electron chi connectivity index (χ0n) is 16.2. The van der Waals surface area contributed by atoms with E-state index < -0.39 is 15.9 Å². The van der Waals surface area contributed by atoms with E-state index in [-0.39, 0.29) is 15.9 Å². The minimum Gasteiger partial charge on any atom is -0.346 e. The highest BCUT2D eigenvalue weighted by Gasteiger charge is 2.20. The molecule has 1 aliphatic heterocycles. The minimum atomic E-state index is -3.65. The van der Waals surface area contributed by atoms with Gasteiger partial charge in [-0.3, -0.25) is 9.59 Å². The monoisotopic (exact) mass is 411 g/mol. The number of para-hydroxylation sites is 1. The van der Waals surface area contributed by atoms with Crippen molar-refractivity contribution in [1.82, 2.24) is 9.29 Å². The number of hydrogen-bond acceptors (Lipinski definition) is 4. The van der Waals surface area contributed by atoms with Gasteiger partial charge in [0.25, 0.3) is 5.91 Å². The molecule has 0 atom stereocenters. The molecule has 2 heterocycles. The predicted octanol–water partition coefficient (Wildman–Crippen LogP) is 2.42. The molecule has 0 fully saturated rings. The van der Waals surface area contributed by atoms with E-state index in [0.29, 0.717) is 16.6 Å². The highest BCUT2D eigenvalue weighted by atomic mass is 32.2. The maximum atomic E-state index is 13.0. The largest absolute Gasteiger partial charge is 0.346 e. The van der Waals surface area contributed by atoms with Crippen molar-refractivity contribution < 1.29 is 13.2 Å². The topological polar surface area (TPSA) is 97.3 Å². The Morgan fingerprint density at radius 3 is 2.72 bits per heavy atom. The van der Waals surface area contributed by atoms with Gasteiger partial charge >= 0.3 is 0 Å². The van der Waals surface area contributed by atoms with E-state index in [1.165, 1.54) is 19.2 Å². The van der Waals surface area contributed by atoms with Crippen LogP contribution in [0.4, 0.5) is 5.69 Å². The van der Waals surface area contributed by atoms with Crippen molar-refractivity contribution in [2.75, 3.05) is 12.4 Å². The molecule has 2 aromatic carbocycles. The van der Waals surface area contributed by atoms with Crippen molar-refractivity contribution in [3.05, 3.63) is 69.5 Å². The van der Waals surface area contributed by atoms with Crippen LogP contribution < -0.4 is 15.5 Å². The van der Waals surface area contributed by atoms with Crippen LogP contribution in [0.3, 0.4) is 0 Å². The number of sulfonamides is 1. The first-order valence-electron chi connectivity index (χ1n) is 9.32. The number of hydrogen-bond donors (Lipinski definition) is 2. The third kappa shape index (κ3) is 3.34. The summed E-state index contributed by atoms with van der Waals surface area (Å²) >= 11 is 0. The molecular weight excluding hydrogens is 390 g/mol. The Bertz CT molecular complexity index is 1310. The van der Waals surface area contributed by atoms with E-state index >= 15 is 0 Å². The van der Waals surface area contributed by atoms with E-state index in [2.05, 4.69) is 10.0 Å². The van der Waals surface area contributed by atoms with Crippen LogP contribution >= 0.6 is 0 Å². The zero-order chi connectivity index (χ0) is 20.8. The molecule has 0 bridgehead atoms. The fraction of sp³-hybridized carbons (Fsp3) is 0.238. The predicted molar refractivity (Wildman–Crippen MR) is 112 cm³/mol. The van der Waals surface area contributed by atoms with Gasteiger partial charge in [-0.1, -0.05) is 18.2 Å². The van der Waals surface area contributed by atoms with Crippen LogP contribution in [0.25, 0.3) is 10.9 Å². The second-order valence-corrected chi connectivity index (χ2v) is 9.01. The van der Waals surface area contributed by atoms with Crippen LogP contribution in [0.15, 0.2) is 52.3 Å². The van der Waals surface area contributed by atoms with Crippen molar-refractivity contribution in [3.63, 3.8) is 0 Å². The summed E-state index contributed by atoms with van der Waals surface area (Å²) in [5.41, 5.74) is 2.75. The van der Waals surface area contributed by atoms with Crippen LogP contribution in [-0.4, -0.2) is 25.9 Å². The molecular formula is C21H21N3O4S. The second kappa shape index (κ2) is 7.13. The maximum absolute atomic E-state index is 13.0. The lowest BCUT2D eigenvalue weighted by molar-refractivity contribution is 0.102. The van der Waals surface area contributed by atoms with Gasteiger partial charge in [0.2, 0.25) is 15.5 Å². The number of carbonyl (C=O) groups is 1. The van der Waals surface area contributed by atoms with Gasteiger partial charge in [0.15, 0.2) is 0 Å². The number of nitrogens with zero attached hydrogens (tertiary/aromatic N) is 1. The van der Waals surface area contributed by atoms with Crippen LogP contribution in [0.1, 0.15) is 27.9 Å². The van der Waals surface area contributed by atoms with E-state index in [1.54, 1.807) is 25.3 Å². The van der Waals surface area contributed by atoms with Crippen molar-refractivity contribution in [3.8, 4) is 0 Å². The lowest BCUT2D eigenvalue weighted by Gasteiger charge is -2.20. The van der Waals surface area contributed by atoms with E-state index in [1.807, 2.05) is 16.7 Å². The molecule has 0 unspecified atom stereocenters. The fourth-order valence-electron chi connectivity index (χ4n) is 3.73. The van der Waals surface area contributed by atoms with Gasteiger partial charge < -0.3 is 9.88 Å². The Morgan fingerprint density at radius 2 is 1.97 bits per heavy atom. The lowest BCUT2D eigenvalue weighted by Crippen LogP contribution is -2.26. The Hall–Kier alpha value is -2.97. The molecule has 0 spiro atoms. The van der Waals surface area contributed by atoms with Gasteiger partial charge in [-0.15, -0.1) is 0 Å². The van der Waals surface area contributed by atoms with Crippen molar-refractivity contribution in [2.45, 2.75) is 31.2 Å². The molecule has 0 saturated carbocycles. The number of aryl methyl sites for hydroxylation is 3. The number of benzene rings is 2. The summed E-state index contributed by atoms with van der Waals surface area (Å²) in [5.74, 6) is -0.557. The molecule has 8 heteroatoms. The number of rotatable bonds is 4. The Morgan fingerprint density at radius 1 is 1.17 bits per heavy atom. The molecule has 4 rings (SSSR count). The van der Waals surface area contributed by atoms with Gasteiger partial charge in [-0.05, 0) is 56.1 Å². The molecule has 3 aromatic rings. The normalized spacial score (nSPS) is 13.4. The molecule has 2 N–H and O–H groups in total. The number of amides is 1. The standard InChI is InChI=1S/C21H21N3O4S/c1-13-8-9-15(29(27,28)22-2)11-18(13)23-21(26)17-12-24-10-4-6-14-5-3-7-16(19(14)24)20(17)25/h3,5,7-9,11-12,22H,4,6,10H2,1-2H3,(H,23,26). The highest BCUT2D eigenvalue weighted by Crippen LogP contribution is 2.24. The Labute approximate surface area is 168 Å². The molecule has 7 nitrogen and oxygen atoms in total. The first-order valence-corrected chi connectivity index (χ1v) is 10.8. The molecule has 1 aliphatic rings. The van der Waals surface area contributed by atoms with Crippen LogP contribution in [-0.2, 0) is 23.0 Å². The quantitative estimate of drug-likeness (QED) is 0.689. The zero-order valence-corrected chi connectivity index (χ0v) is 17.0. The Kier molecular flexibility index (Phi) is 4.76. The van der Waals surface area contributed by atoms with Gasteiger partial charge in [0, 0.05) is 23.8 Å². The summed E-state index contributed by atoms with van der Waals surface area (Å²) in [6.45, 7) is 2.50. The van der Waals surface area contributed by atoms with Crippen LogP contribution in [0, 0.1) is 6.92 Å². The van der Waals surface area contributed by atoms with Crippen molar-refractivity contribution in [2.24, 2.45) is 0 Å². The highest BCUT2D eigenvalue weighted by molar-refractivity contribution is 7.89. The van der Waals surface area contributed by atoms with E-state index in [0.717, 1.165) is 30.5 Å². The van der Waals surface area contributed by atoms with Crippen molar-refractivity contribution >= 4 is 32.5 Å². The van der Waals surface area contributed by atoms with E-state index in [4.69, 9.17) is 0 Å². The lowest BCUT2D eigenvalue weighted by atomic mass is 9.99. The number of nitrogens with one attached hydrogen (secondary N) is 2. The van der Waals surface area contributed by atoms with E-state index in [9.17, 15) is 18.0 Å². The number of aromatic nitrogens is 1. The van der Waals surface area contributed by atoms with Gasteiger partial charge in [0.05, 0.1) is 10.4 Å². The SMILES string of the molecule is CNS(=O)(=O)c1ccc(C)c(NC(=O)c2cn3c4c(cccc4c2=O)CCC3)c1. The maximum Gasteiger partial charge on any atom is 0.261 e. The number of pyridine rings is 1. The first kappa shape index (κ1) is 19.4. The molecule has 0 radical (unpaired) electrons. The number of carbonyl (C=O) groups excluding carboxylic acids is 1. The summed E-state index contributed by atoms with van der Waals surface area (Å²) in [7, 11) is -2.33. The average molecular weight is 411 g/mol. The number of anilines is 1. The smallest absolute Gasteiger partial charge is 0.261 e. The summed E-state index contributed by atoms with van der Waals surface area (Å²) in [6.07, 6.45) is 3.46. The van der Waals surface area contributed by atoms with Crippen molar-refractivity contribution in [1.29, 1.82) is 0 Å².